The summed E-state index contributed by atoms with van der Waals surface area (Å²) in [7, 11) is -3.71. The molecule has 0 aliphatic carbocycles. The van der Waals surface area contributed by atoms with Gasteiger partial charge in [-0.3, -0.25) is 4.79 Å². The number of sulfonamides is 1. The van der Waals surface area contributed by atoms with Crippen molar-refractivity contribution in [3.63, 3.8) is 0 Å². The third kappa shape index (κ3) is 4.33. The number of H-pyrrole nitrogens is 1. The molecule has 0 amide bonds. The van der Waals surface area contributed by atoms with Gasteiger partial charge in [0.15, 0.2) is 11.2 Å². The van der Waals surface area contributed by atoms with E-state index in [4.69, 9.17) is 5.14 Å². The Labute approximate surface area is 185 Å². The molecule has 4 rings (SSSR count). The Morgan fingerprint density at radius 3 is 2.53 bits per heavy atom. The number of aromatic nitrogens is 2. The Kier molecular flexibility index (Phi) is 5.68. The van der Waals surface area contributed by atoms with Gasteiger partial charge < -0.3 is 15.2 Å². The number of anilines is 2. The molecule has 32 heavy (non-hydrogen) atoms. The summed E-state index contributed by atoms with van der Waals surface area (Å²) < 4.78 is 22.8. The van der Waals surface area contributed by atoms with Crippen molar-refractivity contribution in [2.75, 3.05) is 18.0 Å². The second-order valence-corrected chi connectivity index (χ2v) is 9.30. The van der Waals surface area contributed by atoms with E-state index in [9.17, 15) is 13.2 Å². The maximum atomic E-state index is 12.5. The van der Waals surface area contributed by atoms with Gasteiger partial charge in [0.2, 0.25) is 10.0 Å². The van der Waals surface area contributed by atoms with Crippen LogP contribution in [0.4, 0.5) is 17.2 Å². The van der Waals surface area contributed by atoms with Gasteiger partial charge in [0, 0.05) is 19.6 Å². The lowest BCUT2D eigenvalue weighted by Crippen LogP contribution is -2.43. The zero-order chi connectivity index (χ0) is 23.0. The highest BCUT2D eigenvalue weighted by Gasteiger charge is 2.23. The summed E-state index contributed by atoms with van der Waals surface area (Å²) in [6, 6.07) is 10.4. The molecule has 10 heteroatoms. The number of fused-ring (bicyclic) bond motifs is 2. The van der Waals surface area contributed by atoms with E-state index in [0.717, 1.165) is 28.1 Å². The van der Waals surface area contributed by atoms with Gasteiger partial charge >= 0.3 is 0 Å². The van der Waals surface area contributed by atoms with E-state index >= 15 is 0 Å². The van der Waals surface area contributed by atoms with Gasteiger partial charge in [0.25, 0.3) is 5.56 Å². The Hall–Kier alpha value is -3.34. The van der Waals surface area contributed by atoms with Gasteiger partial charge in [-0.15, -0.1) is 0 Å². The third-order valence-corrected chi connectivity index (χ3v) is 6.32. The van der Waals surface area contributed by atoms with Crippen molar-refractivity contribution in [2.24, 2.45) is 10.1 Å². The van der Waals surface area contributed by atoms with Gasteiger partial charge in [-0.25, -0.2) is 23.5 Å². The smallest absolute Gasteiger partial charge is 0.279 e. The van der Waals surface area contributed by atoms with Crippen molar-refractivity contribution in [1.29, 1.82) is 0 Å². The molecule has 0 saturated heterocycles. The number of nitrogens with zero attached hydrogens (tertiary/aromatic N) is 3. The molecule has 0 unspecified atom stereocenters. The lowest BCUT2D eigenvalue weighted by Gasteiger charge is -2.28. The highest BCUT2D eigenvalue weighted by atomic mass is 32.2. The van der Waals surface area contributed by atoms with Crippen molar-refractivity contribution in [3.05, 3.63) is 74.3 Å². The topological polar surface area (TPSA) is 134 Å². The fourth-order valence-electron chi connectivity index (χ4n) is 3.56. The number of rotatable bonds is 6. The van der Waals surface area contributed by atoms with Gasteiger partial charge in [-0.2, -0.15) is 0 Å². The normalized spacial score (nSPS) is 12.8. The maximum Gasteiger partial charge on any atom is 0.279 e. The molecule has 1 aliphatic heterocycles. The molecular weight excluding hydrogens is 428 g/mol. The average molecular weight is 453 g/mol. The van der Waals surface area contributed by atoms with Crippen molar-refractivity contribution in [1.82, 2.24) is 15.3 Å². The largest absolute Gasteiger partial charge is 0.321 e. The number of aromatic amines is 1. The summed E-state index contributed by atoms with van der Waals surface area (Å²) in [6.07, 6.45) is 0. The lowest BCUT2D eigenvalue weighted by atomic mass is 10.1. The first kappa shape index (κ1) is 21.9. The van der Waals surface area contributed by atoms with E-state index < -0.39 is 10.0 Å². The summed E-state index contributed by atoms with van der Waals surface area (Å²) >= 11 is 0. The van der Waals surface area contributed by atoms with E-state index in [2.05, 4.69) is 32.9 Å². The first-order valence-corrected chi connectivity index (χ1v) is 11.6. The van der Waals surface area contributed by atoms with Crippen LogP contribution in [0.2, 0.25) is 0 Å². The molecule has 0 saturated carbocycles. The molecule has 1 aliphatic rings. The molecule has 0 spiro atoms. The predicted octanol–water partition coefficient (Wildman–Crippen LogP) is 0.637. The zero-order valence-corrected chi connectivity index (χ0v) is 18.7. The average Bonchev–Trinajstić information content (AvgIpc) is 2.72. The standard InChI is InChI=1S/C22H24N6O3S/c1-13-10-18-19(11-14(13)2)28(21-20(27-18)22(29)26-15(3)25-21)9-8-24-12-16-4-6-17(7-5-16)32(23,30)31/h4-7,10-11,24H,3,8-9,12H2,1-2H3,(H,26,29)(H2,23,30,31). The number of primary sulfonamides is 1. The van der Waals surface area contributed by atoms with Crippen LogP contribution in [0.5, 0.6) is 0 Å². The molecule has 0 radical (unpaired) electrons. The molecule has 1 aromatic heterocycles. The zero-order valence-electron chi connectivity index (χ0n) is 17.8. The van der Waals surface area contributed by atoms with Crippen molar-refractivity contribution in [2.45, 2.75) is 25.3 Å². The minimum atomic E-state index is -3.71. The quantitative estimate of drug-likeness (QED) is 0.470. The Morgan fingerprint density at radius 2 is 1.84 bits per heavy atom. The highest BCUT2D eigenvalue weighted by Crippen LogP contribution is 2.36. The van der Waals surface area contributed by atoms with Crippen LogP contribution in [0, 0.1) is 13.8 Å². The number of hydrogen-bond acceptors (Lipinski definition) is 7. The van der Waals surface area contributed by atoms with E-state index in [1.54, 1.807) is 12.1 Å². The summed E-state index contributed by atoms with van der Waals surface area (Å²) in [5.74, 6) is 0.480. The summed E-state index contributed by atoms with van der Waals surface area (Å²) in [5.41, 5.74) is 4.71. The number of nitrogens with one attached hydrogen (secondary N) is 2. The van der Waals surface area contributed by atoms with Crippen LogP contribution in [0.15, 0.2) is 51.1 Å². The van der Waals surface area contributed by atoms with Crippen molar-refractivity contribution in [3.8, 4) is 0 Å². The second kappa shape index (κ2) is 8.30. The summed E-state index contributed by atoms with van der Waals surface area (Å²) in [4.78, 5) is 26.1. The Morgan fingerprint density at radius 1 is 1.16 bits per heavy atom. The van der Waals surface area contributed by atoms with Gasteiger partial charge in [-0.05, 0) is 54.8 Å². The van der Waals surface area contributed by atoms with Crippen LogP contribution in [0.3, 0.4) is 0 Å². The molecule has 0 fully saturated rings. The van der Waals surface area contributed by atoms with Crippen LogP contribution in [0.25, 0.3) is 6.58 Å². The third-order valence-electron chi connectivity index (χ3n) is 5.39. The van der Waals surface area contributed by atoms with Crippen LogP contribution < -0.4 is 31.8 Å². The number of hydrogen-bond donors (Lipinski definition) is 3. The Balaban J connectivity index is 1.56. The molecule has 9 nitrogen and oxygen atoms in total. The second-order valence-electron chi connectivity index (χ2n) is 7.74. The van der Waals surface area contributed by atoms with E-state index in [-0.39, 0.29) is 21.3 Å². The van der Waals surface area contributed by atoms with Crippen molar-refractivity contribution >= 4 is 33.8 Å². The summed E-state index contributed by atoms with van der Waals surface area (Å²) in [6.45, 7) is 9.48. The first-order chi connectivity index (χ1) is 15.1. The fraction of sp³-hybridized carbons (Fsp3) is 0.227. The predicted molar refractivity (Wildman–Crippen MR) is 123 cm³/mol. The molecular formula is C22H24N6O3S. The minimum Gasteiger partial charge on any atom is -0.321 e. The molecule has 0 atom stereocenters. The van der Waals surface area contributed by atoms with Crippen LogP contribution in [-0.2, 0) is 16.6 Å². The van der Waals surface area contributed by atoms with E-state index in [1.807, 2.05) is 24.8 Å². The minimum absolute atomic E-state index is 0.0810. The molecule has 2 heterocycles. The monoisotopic (exact) mass is 452 g/mol. The molecule has 4 N–H and O–H groups in total. The number of aryl methyl sites for hydroxylation is 2. The number of nitrogens with two attached hydrogens (primary N) is 1. The maximum absolute atomic E-state index is 12.5. The molecule has 0 bridgehead atoms. The van der Waals surface area contributed by atoms with Crippen LogP contribution in [0.1, 0.15) is 16.7 Å². The van der Waals surface area contributed by atoms with Gasteiger partial charge in [-0.1, -0.05) is 18.7 Å². The molecule has 2 aromatic carbocycles. The fourth-order valence-corrected chi connectivity index (χ4v) is 4.08. The molecule has 166 valence electrons. The van der Waals surface area contributed by atoms with E-state index in [1.165, 1.54) is 12.1 Å². The highest BCUT2D eigenvalue weighted by molar-refractivity contribution is 7.89. The van der Waals surface area contributed by atoms with Gasteiger partial charge in [0.05, 0.1) is 16.3 Å². The van der Waals surface area contributed by atoms with E-state index in [0.29, 0.717) is 25.5 Å². The van der Waals surface area contributed by atoms with Crippen LogP contribution >= 0.6 is 0 Å². The SMILES string of the molecule is C=c1nc2c(c(=O)[nH]1)=Nc1cc(C)c(C)cc1N2CCNCc1ccc(S(N)(=O)=O)cc1. The van der Waals surface area contributed by atoms with Crippen LogP contribution in [-0.4, -0.2) is 31.5 Å². The van der Waals surface area contributed by atoms with Crippen molar-refractivity contribution < 1.29 is 8.42 Å². The van der Waals surface area contributed by atoms with Gasteiger partial charge in [0.1, 0.15) is 5.48 Å². The molecule has 3 aromatic rings. The Bertz CT molecular complexity index is 1460. The number of benzene rings is 2. The lowest BCUT2D eigenvalue weighted by molar-refractivity contribution is 0.597. The summed E-state index contributed by atoms with van der Waals surface area (Å²) in [5, 5.41) is 8.75. The first-order valence-electron chi connectivity index (χ1n) is 10.0.